The van der Waals surface area contributed by atoms with E-state index in [9.17, 15) is 4.79 Å². The molecule has 0 saturated carbocycles. The summed E-state index contributed by atoms with van der Waals surface area (Å²) in [5.41, 5.74) is 5.71. The molecule has 0 atom stereocenters. The average molecular weight is 363 g/mol. The molecular weight excluding hydrogens is 344 g/mol. The van der Waals surface area contributed by atoms with Gasteiger partial charge in [0.15, 0.2) is 11.0 Å². The molecule has 1 aliphatic heterocycles. The van der Waals surface area contributed by atoms with Crippen molar-refractivity contribution >= 4 is 35.1 Å². The van der Waals surface area contributed by atoms with Crippen molar-refractivity contribution in [3.05, 3.63) is 29.0 Å². The molecule has 1 saturated heterocycles. The van der Waals surface area contributed by atoms with Gasteiger partial charge in [-0.2, -0.15) is 4.98 Å². The van der Waals surface area contributed by atoms with Gasteiger partial charge in [-0.3, -0.25) is 4.79 Å². The number of piperazine rings is 1. The van der Waals surface area contributed by atoms with Crippen LogP contribution >= 0.6 is 11.6 Å². The number of nitrogens with two attached hydrogens (primary N) is 1. The summed E-state index contributed by atoms with van der Waals surface area (Å²) >= 11 is 5.82. The van der Waals surface area contributed by atoms with Crippen molar-refractivity contribution in [3.8, 4) is 0 Å². The molecule has 0 spiro atoms. The zero-order valence-corrected chi connectivity index (χ0v) is 14.8. The smallest absolute Gasteiger partial charge is 0.252 e. The number of anilines is 3. The van der Waals surface area contributed by atoms with Crippen LogP contribution in [0.2, 0.25) is 5.15 Å². The highest BCUT2D eigenvalue weighted by atomic mass is 35.5. The summed E-state index contributed by atoms with van der Waals surface area (Å²) in [5.74, 6) is 1.43. The van der Waals surface area contributed by atoms with E-state index < -0.39 is 5.91 Å². The summed E-state index contributed by atoms with van der Waals surface area (Å²) in [5, 5.41) is 8.03. The first-order valence-electron chi connectivity index (χ1n) is 7.79. The lowest BCUT2D eigenvalue weighted by molar-refractivity contribution is 0.1000. The standard InChI is InChI=1S/C15H19ClN8O/c1-22(2)15-18-4-3-12(19-15)23-5-7-24(8-6-23)14-10(13(17)25)9-11(16)20-21-14/h3-4,9H,5-8H2,1-2H3,(H2,17,25). The van der Waals surface area contributed by atoms with Crippen LogP contribution in [0.25, 0.3) is 0 Å². The van der Waals surface area contributed by atoms with Crippen molar-refractivity contribution in [2.24, 2.45) is 5.73 Å². The van der Waals surface area contributed by atoms with Crippen molar-refractivity contribution in [1.82, 2.24) is 20.2 Å². The molecule has 25 heavy (non-hydrogen) atoms. The maximum absolute atomic E-state index is 11.6. The Hall–Kier alpha value is -2.68. The molecule has 1 amide bonds. The van der Waals surface area contributed by atoms with Gasteiger partial charge in [-0.1, -0.05) is 11.6 Å². The third kappa shape index (κ3) is 3.71. The molecule has 0 aromatic carbocycles. The number of primary amides is 1. The van der Waals surface area contributed by atoms with E-state index in [0.29, 0.717) is 24.9 Å². The van der Waals surface area contributed by atoms with Crippen LogP contribution in [0.5, 0.6) is 0 Å². The molecule has 10 heteroatoms. The fourth-order valence-corrected chi connectivity index (χ4v) is 2.80. The second-order valence-electron chi connectivity index (χ2n) is 5.85. The van der Waals surface area contributed by atoms with Gasteiger partial charge in [0.25, 0.3) is 5.91 Å². The van der Waals surface area contributed by atoms with E-state index in [1.165, 1.54) is 6.07 Å². The van der Waals surface area contributed by atoms with Crippen molar-refractivity contribution in [2.75, 3.05) is 55.0 Å². The van der Waals surface area contributed by atoms with Crippen LogP contribution in [-0.4, -0.2) is 66.3 Å². The highest BCUT2D eigenvalue weighted by Gasteiger charge is 2.24. The topological polar surface area (TPSA) is 104 Å². The van der Waals surface area contributed by atoms with Crippen molar-refractivity contribution in [1.29, 1.82) is 0 Å². The van der Waals surface area contributed by atoms with Crippen molar-refractivity contribution in [3.63, 3.8) is 0 Å². The third-order valence-electron chi connectivity index (χ3n) is 3.94. The molecule has 1 fully saturated rings. The number of rotatable bonds is 4. The molecular formula is C15H19ClN8O. The predicted octanol–water partition coefficient (Wildman–Crippen LogP) is 0.412. The molecule has 9 nitrogen and oxygen atoms in total. The number of halogens is 1. The number of amides is 1. The Balaban J connectivity index is 1.74. The molecule has 2 aromatic rings. The number of aromatic nitrogens is 4. The summed E-state index contributed by atoms with van der Waals surface area (Å²) in [6, 6.07) is 3.34. The Morgan fingerprint density at radius 1 is 1.20 bits per heavy atom. The lowest BCUT2D eigenvalue weighted by Gasteiger charge is -2.36. The molecule has 0 unspecified atom stereocenters. The normalized spacial score (nSPS) is 14.5. The molecule has 0 aliphatic carbocycles. The molecule has 132 valence electrons. The molecule has 0 radical (unpaired) electrons. The number of hydrogen-bond donors (Lipinski definition) is 1. The Morgan fingerprint density at radius 3 is 2.52 bits per heavy atom. The van der Waals surface area contributed by atoms with E-state index in [0.717, 1.165) is 18.9 Å². The average Bonchev–Trinajstić information content (AvgIpc) is 2.62. The lowest BCUT2D eigenvalue weighted by atomic mass is 10.2. The minimum absolute atomic E-state index is 0.147. The fourth-order valence-electron chi connectivity index (χ4n) is 2.65. The summed E-state index contributed by atoms with van der Waals surface area (Å²) < 4.78 is 0. The summed E-state index contributed by atoms with van der Waals surface area (Å²) in [7, 11) is 3.81. The number of carbonyl (C=O) groups is 1. The first kappa shape index (κ1) is 17.2. The monoisotopic (exact) mass is 362 g/mol. The van der Waals surface area contributed by atoms with Gasteiger partial charge in [-0.05, 0) is 12.1 Å². The Bertz CT molecular complexity index is 776. The van der Waals surface area contributed by atoms with Crippen LogP contribution in [0.1, 0.15) is 10.4 Å². The second-order valence-corrected chi connectivity index (χ2v) is 6.24. The van der Waals surface area contributed by atoms with E-state index >= 15 is 0 Å². The summed E-state index contributed by atoms with van der Waals surface area (Å²) in [4.78, 5) is 26.4. The fraction of sp³-hybridized carbons (Fsp3) is 0.400. The molecule has 3 rings (SSSR count). The van der Waals surface area contributed by atoms with Gasteiger partial charge in [0.05, 0.1) is 5.56 Å². The van der Waals surface area contributed by atoms with Gasteiger partial charge in [-0.15, -0.1) is 10.2 Å². The number of hydrogen-bond acceptors (Lipinski definition) is 8. The predicted molar refractivity (Wildman–Crippen MR) is 96.3 cm³/mol. The van der Waals surface area contributed by atoms with Crippen LogP contribution in [-0.2, 0) is 0 Å². The molecule has 1 aliphatic rings. The minimum Gasteiger partial charge on any atom is -0.365 e. The van der Waals surface area contributed by atoms with E-state index in [-0.39, 0.29) is 10.7 Å². The van der Waals surface area contributed by atoms with Gasteiger partial charge < -0.3 is 20.4 Å². The highest BCUT2D eigenvalue weighted by molar-refractivity contribution is 6.29. The second kappa shape index (κ2) is 7.06. The lowest BCUT2D eigenvalue weighted by Crippen LogP contribution is -2.47. The highest BCUT2D eigenvalue weighted by Crippen LogP contribution is 2.22. The maximum Gasteiger partial charge on any atom is 0.252 e. The van der Waals surface area contributed by atoms with Crippen LogP contribution in [0.3, 0.4) is 0 Å². The SMILES string of the molecule is CN(C)c1nccc(N2CCN(c3nnc(Cl)cc3C(N)=O)CC2)n1. The van der Waals surface area contributed by atoms with Crippen LogP contribution in [0.4, 0.5) is 17.6 Å². The van der Waals surface area contributed by atoms with Gasteiger partial charge in [0.1, 0.15) is 5.82 Å². The first-order chi connectivity index (χ1) is 12.0. The molecule has 3 heterocycles. The first-order valence-corrected chi connectivity index (χ1v) is 8.17. The minimum atomic E-state index is -0.569. The quantitative estimate of drug-likeness (QED) is 0.834. The molecule has 0 bridgehead atoms. The molecule has 2 N–H and O–H groups in total. The Kier molecular flexibility index (Phi) is 4.84. The summed E-state index contributed by atoms with van der Waals surface area (Å²) in [6.07, 6.45) is 1.75. The van der Waals surface area contributed by atoms with Gasteiger partial charge in [0, 0.05) is 46.5 Å². The van der Waals surface area contributed by atoms with E-state index in [2.05, 4.69) is 25.1 Å². The summed E-state index contributed by atoms with van der Waals surface area (Å²) in [6.45, 7) is 2.79. The van der Waals surface area contributed by atoms with Crippen LogP contribution in [0.15, 0.2) is 18.3 Å². The van der Waals surface area contributed by atoms with E-state index in [4.69, 9.17) is 17.3 Å². The Labute approximate surface area is 150 Å². The molecule has 2 aromatic heterocycles. The number of nitrogens with zero attached hydrogens (tertiary/aromatic N) is 7. The van der Waals surface area contributed by atoms with E-state index in [1.807, 2.05) is 30.0 Å². The Morgan fingerprint density at radius 2 is 1.88 bits per heavy atom. The van der Waals surface area contributed by atoms with Crippen molar-refractivity contribution in [2.45, 2.75) is 0 Å². The van der Waals surface area contributed by atoms with Gasteiger partial charge in [0.2, 0.25) is 5.95 Å². The van der Waals surface area contributed by atoms with E-state index in [1.54, 1.807) is 6.20 Å². The zero-order valence-electron chi connectivity index (χ0n) is 14.1. The third-order valence-corrected chi connectivity index (χ3v) is 4.13. The maximum atomic E-state index is 11.6. The van der Waals surface area contributed by atoms with Gasteiger partial charge in [-0.25, -0.2) is 4.98 Å². The van der Waals surface area contributed by atoms with Crippen LogP contribution < -0.4 is 20.4 Å². The largest absolute Gasteiger partial charge is 0.365 e. The number of carbonyl (C=O) groups excluding carboxylic acids is 1. The van der Waals surface area contributed by atoms with Gasteiger partial charge >= 0.3 is 0 Å². The zero-order chi connectivity index (χ0) is 18.0. The van der Waals surface area contributed by atoms with Crippen molar-refractivity contribution < 1.29 is 4.79 Å². The van der Waals surface area contributed by atoms with Crippen LogP contribution in [0, 0.1) is 0 Å².